The molecule has 0 radical (unpaired) electrons. The van der Waals surface area contributed by atoms with E-state index in [2.05, 4.69) is 28.9 Å². The lowest BCUT2D eigenvalue weighted by atomic mass is 9.83. The summed E-state index contributed by atoms with van der Waals surface area (Å²) in [6.07, 6.45) is 2.28. The molecule has 1 aliphatic rings. The van der Waals surface area contributed by atoms with Gasteiger partial charge in [0.2, 0.25) is 5.75 Å². The van der Waals surface area contributed by atoms with Crippen LogP contribution in [0.5, 0.6) is 17.2 Å². The number of alkyl halides is 1. The molecular formula is C14H19BrO3. The molecule has 3 nitrogen and oxygen atoms in total. The highest BCUT2D eigenvalue weighted by Gasteiger charge is 2.30. The van der Waals surface area contributed by atoms with Crippen LogP contribution in [0.1, 0.15) is 41.6 Å². The Bertz CT molecular complexity index is 445. The molecule has 18 heavy (non-hydrogen) atoms. The Kier molecular flexibility index (Phi) is 4.05. The van der Waals surface area contributed by atoms with Crippen molar-refractivity contribution in [3.05, 3.63) is 17.2 Å². The molecule has 0 N–H and O–H groups in total. The highest BCUT2D eigenvalue weighted by Crippen LogP contribution is 2.52. The van der Waals surface area contributed by atoms with E-state index in [4.69, 9.17) is 14.2 Å². The van der Waals surface area contributed by atoms with Crippen molar-refractivity contribution in [1.82, 2.24) is 0 Å². The number of ether oxygens (including phenoxy) is 3. The average molecular weight is 315 g/mol. The van der Waals surface area contributed by atoms with Gasteiger partial charge in [-0.1, -0.05) is 22.9 Å². The standard InChI is InChI=1S/C14H19BrO3/c1-8-5-6-10(15)9-7-11(16-2)13(17-3)14(18-4)12(8)9/h7-8,10H,5-6H2,1-4H3. The molecular weight excluding hydrogens is 296 g/mol. The molecule has 2 rings (SSSR count). The van der Waals surface area contributed by atoms with E-state index < -0.39 is 0 Å². The first kappa shape index (κ1) is 13.5. The monoisotopic (exact) mass is 314 g/mol. The number of methoxy groups -OCH3 is 3. The Morgan fingerprint density at radius 2 is 1.72 bits per heavy atom. The Morgan fingerprint density at radius 3 is 2.28 bits per heavy atom. The lowest BCUT2D eigenvalue weighted by Crippen LogP contribution is -2.12. The molecule has 0 saturated heterocycles. The Hall–Kier alpha value is -0.900. The van der Waals surface area contributed by atoms with Crippen molar-refractivity contribution in [1.29, 1.82) is 0 Å². The lowest BCUT2D eigenvalue weighted by molar-refractivity contribution is 0.318. The van der Waals surface area contributed by atoms with E-state index in [0.29, 0.717) is 16.5 Å². The van der Waals surface area contributed by atoms with Crippen LogP contribution >= 0.6 is 15.9 Å². The number of halogens is 1. The fourth-order valence-corrected chi connectivity index (χ4v) is 3.30. The summed E-state index contributed by atoms with van der Waals surface area (Å²) in [5, 5.41) is 0. The molecule has 0 saturated carbocycles. The second-order valence-electron chi connectivity index (χ2n) is 4.59. The molecule has 0 bridgehead atoms. The minimum absolute atomic E-state index is 0.359. The maximum atomic E-state index is 5.57. The summed E-state index contributed by atoms with van der Waals surface area (Å²) >= 11 is 3.74. The van der Waals surface area contributed by atoms with Crippen LogP contribution in [0.25, 0.3) is 0 Å². The van der Waals surface area contributed by atoms with Crippen molar-refractivity contribution in [3.63, 3.8) is 0 Å². The molecule has 2 unspecified atom stereocenters. The van der Waals surface area contributed by atoms with Gasteiger partial charge >= 0.3 is 0 Å². The smallest absolute Gasteiger partial charge is 0.203 e. The normalized spacial score (nSPS) is 22.3. The van der Waals surface area contributed by atoms with Crippen molar-refractivity contribution < 1.29 is 14.2 Å². The predicted octanol–water partition coefficient (Wildman–Crippen LogP) is 4.05. The zero-order valence-electron chi connectivity index (χ0n) is 11.2. The third kappa shape index (κ3) is 2.07. The topological polar surface area (TPSA) is 27.7 Å². The second-order valence-corrected chi connectivity index (χ2v) is 5.70. The summed E-state index contributed by atoms with van der Waals surface area (Å²) in [5.74, 6) is 2.70. The summed E-state index contributed by atoms with van der Waals surface area (Å²) in [7, 11) is 4.98. The first-order valence-electron chi connectivity index (χ1n) is 6.10. The van der Waals surface area contributed by atoms with Crippen molar-refractivity contribution in [2.75, 3.05) is 21.3 Å². The van der Waals surface area contributed by atoms with Gasteiger partial charge in [0.25, 0.3) is 0 Å². The molecule has 0 aromatic heterocycles. The Morgan fingerprint density at radius 1 is 1.06 bits per heavy atom. The first-order valence-corrected chi connectivity index (χ1v) is 7.02. The van der Waals surface area contributed by atoms with Crippen LogP contribution in [0.3, 0.4) is 0 Å². The van der Waals surface area contributed by atoms with Gasteiger partial charge in [0.1, 0.15) is 0 Å². The van der Waals surface area contributed by atoms with E-state index >= 15 is 0 Å². The number of fused-ring (bicyclic) bond motifs is 1. The van der Waals surface area contributed by atoms with Gasteiger partial charge in [-0.25, -0.2) is 0 Å². The maximum Gasteiger partial charge on any atom is 0.203 e. The van der Waals surface area contributed by atoms with Crippen molar-refractivity contribution in [3.8, 4) is 17.2 Å². The van der Waals surface area contributed by atoms with Crippen LogP contribution in [-0.2, 0) is 0 Å². The van der Waals surface area contributed by atoms with Crippen LogP contribution < -0.4 is 14.2 Å². The van der Waals surface area contributed by atoms with Crippen molar-refractivity contribution in [2.45, 2.75) is 30.5 Å². The van der Waals surface area contributed by atoms with Gasteiger partial charge in [-0.2, -0.15) is 0 Å². The maximum absolute atomic E-state index is 5.57. The lowest BCUT2D eigenvalue weighted by Gasteiger charge is -2.30. The van der Waals surface area contributed by atoms with E-state index in [1.807, 2.05) is 0 Å². The van der Waals surface area contributed by atoms with Crippen LogP contribution in [0, 0.1) is 0 Å². The molecule has 0 spiro atoms. The highest BCUT2D eigenvalue weighted by atomic mass is 79.9. The van der Waals surface area contributed by atoms with E-state index in [0.717, 1.165) is 24.3 Å². The van der Waals surface area contributed by atoms with Crippen LogP contribution in [0.15, 0.2) is 6.07 Å². The van der Waals surface area contributed by atoms with Gasteiger partial charge < -0.3 is 14.2 Å². The molecule has 0 fully saturated rings. The average Bonchev–Trinajstić information content (AvgIpc) is 2.40. The van der Waals surface area contributed by atoms with Gasteiger partial charge in [-0.15, -0.1) is 0 Å². The third-order valence-electron chi connectivity index (χ3n) is 3.58. The minimum atomic E-state index is 0.359. The van der Waals surface area contributed by atoms with E-state index in [9.17, 15) is 0 Å². The number of hydrogen-bond acceptors (Lipinski definition) is 3. The first-order chi connectivity index (χ1) is 8.63. The fourth-order valence-electron chi connectivity index (χ4n) is 2.66. The molecule has 0 aliphatic heterocycles. The largest absolute Gasteiger partial charge is 0.493 e. The summed E-state index contributed by atoms with van der Waals surface area (Å²) < 4.78 is 16.4. The third-order valence-corrected chi connectivity index (χ3v) is 4.53. The summed E-state index contributed by atoms with van der Waals surface area (Å²) in [6, 6.07) is 2.06. The zero-order chi connectivity index (χ0) is 13.3. The number of rotatable bonds is 3. The second kappa shape index (κ2) is 5.39. The molecule has 1 aromatic rings. The van der Waals surface area contributed by atoms with Gasteiger partial charge in [-0.3, -0.25) is 0 Å². The Balaban J connectivity index is 2.70. The van der Waals surface area contributed by atoms with Crippen LogP contribution in [0.4, 0.5) is 0 Å². The highest BCUT2D eigenvalue weighted by molar-refractivity contribution is 9.09. The molecule has 0 heterocycles. The quantitative estimate of drug-likeness (QED) is 0.788. The van der Waals surface area contributed by atoms with Crippen molar-refractivity contribution in [2.24, 2.45) is 0 Å². The minimum Gasteiger partial charge on any atom is -0.493 e. The molecule has 1 aliphatic carbocycles. The number of benzene rings is 1. The number of hydrogen-bond donors (Lipinski definition) is 0. The van der Waals surface area contributed by atoms with Gasteiger partial charge in [0.15, 0.2) is 11.5 Å². The summed E-state index contributed by atoms with van der Waals surface area (Å²) in [4.78, 5) is 0.359. The summed E-state index contributed by atoms with van der Waals surface area (Å²) in [6.45, 7) is 2.23. The predicted molar refractivity (Wildman–Crippen MR) is 75.4 cm³/mol. The molecule has 100 valence electrons. The van der Waals surface area contributed by atoms with Crippen LogP contribution in [0.2, 0.25) is 0 Å². The molecule has 2 atom stereocenters. The van der Waals surface area contributed by atoms with E-state index in [1.54, 1.807) is 21.3 Å². The van der Waals surface area contributed by atoms with E-state index in [1.165, 1.54) is 11.1 Å². The Labute approximate surface area is 117 Å². The molecule has 4 heteroatoms. The van der Waals surface area contributed by atoms with Crippen LogP contribution in [-0.4, -0.2) is 21.3 Å². The molecule has 1 aromatic carbocycles. The molecule has 0 amide bonds. The van der Waals surface area contributed by atoms with Gasteiger partial charge in [-0.05, 0) is 30.4 Å². The van der Waals surface area contributed by atoms with Crippen molar-refractivity contribution >= 4 is 15.9 Å². The van der Waals surface area contributed by atoms with E-state index in [-0.39, 0.29) is 0 Å². The SMILES string of the molecule is COc1cc2c(c(OC)c1OC)C(C)CCC2Br. The summed E-state index contributed by atoms with van der Waals surface area (Å²) in [5.41, 5.74) is 2.49. The van der Waals surface area contributed by atoms with Gasteiger partial charge in [0, 0.05) is 10.4 Å². The van der Waals surface area contributed by atoms with Gasteiger partial charge in [0.05, 0.1) is 21.3 Å². The zero-order valence-corrected chi connectivity index (χ0v) is 12.8. The fraction of sp³-hybridized carbons (Fsp3) is 0.571.